The van der Waals surface area contributed by atoms with Gasteiger partial charge in [0.1, 0.15) is 44.9 Å². The fourth-order valence-electron chi connectivity index (χ4n) is 10.1. The standard InChI is InChI=1S/C20H16F3N5O.C13H17BN2O2.C13H11BrF3N3O.C13H12F3N3O.C11H10FN3O.C3H6F2/c1-12(29)25-20-26-18(13-2-5-15(21)6-3-13)19(28(20)11-16(22)23)14-4-7-17-24-8-9-27(17)10-14;1-12(2)13(3,4)18-14(17-12)10-5-6-11-15-7-8-16(11)9-10;1-7(21)18-13-19-11(8-2-4-9(15)5-3-8)12(14)20(13)6-10(16)17;1-8(20)17-13-18-11(6-19(13)7-12(15)16)9-2-4-10(14)5-3-9;1-7(16)14-11-13-6-10(15-11)8-2-4-9(12)5-3-8;1-2-3(4)5/h2-10,16H,11H2,1H3,(H,25,26,29);5-9H,1-4H3;2-5,10H,6H2,1H3,(H,18,19,21);2-6,12H,7H2,1H3,(H,17,18,20);2-6H,1H3,(H2,13,14,15,16);3H,2H2,1H3. The van der Waals surface area contributed by atoms with Crippen molar-refractivity contribution in [1.82, 2.24) is 57.4 Å². The Morgan fingerprint density at radius 1 is 0.486 bits per heavy atom. The zero-order valence-electron chi connectivity index (χ0n) is 59.7. The topological polar surface area (TPSA) is 252 Å². The summed E-state index contributed by atoms with van der Waals surface area (Å²) in [6.07, 6.45) is 3.79. The first kappa shape index (κ1) is 83.2. The monoisotopic (exact) mass is 1590 g/mol. The van der Waals surface area contributed by atoms with Crippen LogP contribution in [0.1, 0.15) is 68.7 Å². The van der Waals surface area contributed by atoms with Gasteiger partial charge < -0.3 is 32.2 Å². The lowest BCUT2D eigenvalue weighted by atomic mass is 9.80. The number of fused-ring (bicyclic) bond motifs is 2. The van der Waals surface area contributed by atoms with E-state index in [9.17, 15) is 71.9 Å². The molecule has 5 N–H and O–H groups in total. The van der Waals surface area contributed by atoms with Crippen molar-refractivity contribution in [3.05, 3.63) is 199 Å². The van der Waals surface area contributed by atoms with Crippen molar-refractivity contribution in [3.63, 3.8) is 0 Å². The van der Waals surface area contributed by atoms with Crippen molar-refractivity contribution in [1.29, 1.82) is 0 Å². The molecule has 109 heavy (non-hydrogen) atoms. The molecule has 36 heteroatoms. The smallest absolute Gasteiger partial charge is 0.399 e. The first-order chi connectivity index (χ1) is 51.6. The molecule has 1 aliphatic rings. The highest BCUT2D eigenvalue weighted by atomic mass is 79.9. The zero-order chi connectivity index (χ0) is 79.6. The largest absolute Gasteiger partial charge is 0.496 e. The van der Waals surface area contributed by atoms with Gasteiger partial charge in [0.15, 0.2) is 0 Å². The number of aromatic amines is 1. The van der Waals surface area contributed by atoms with Gasteiger partial charge in [0.2, 0.25) is 53.8 Å². The second-order valence-corrected chi connectivity index (χ2v) is 25.5. The first-order valence-corrected chi connectivity index (χ1v) is 33.8. The highest BCUT2D eigenvalue weighted by molar-refractivity contribution is 9.10. The predicted octanol–water partition coefficient (Wildman–Crippen LogP) is 16.3. The average molecular weight is 1590 g/mol. The summed E-state index contributed by atoms with van der Waals surface area (Å²) >= 11 is 3.20. The van der Waals surface area contributed by atoms with Crippen LogP contribution in [0.3, 0.4) is 0 Å². The summed E-state index contributed by atoms with van der Waals surface area (Å²) < 4.78 is 170. The van der Waals surface area contributed by atoms with E-state index in [2.05, 4.69) is 99.8 Å². The number of pyridine rings is 2. The van der Waals surface area contributed by atoms with Crippen molar-refractivity contribution in [3.8, 4) is 56.3 Å². The molecule has 12 aromatic rings. The molecule has 4 aromatic carbocycles. The van der Waals surface area contributed by atoms with E-state index in [0.29, 0.717) is 56.6 Å². The van der Waals surface area contributed by atoms with Crippen LogP contribution in [0.2, 0.25) is 0 Å². The van der Waals surface area contributed by atoms with Gasteiger partial charge in [-0.1, -0.05) is 13.0 Å². The molecule has 0 spiro atoms. The van der Waals surface area contributed by atoms with E-state index in [1.165, 1.54) is 130 Å². The number of alkyl halides is 8. The fraction of sp³-hybridized carbons (Fsp3) is 0.260. The van der Waals surface area contributed by atoms with Crippen LogP contribution >= 0.6 is 15.9 Å². The second kappa shape index (κ2) is 37.4. The average Bonchev–Trinajstić information content (AvgIpc) is 1.62. The summed E-state index contributed by atoms with van der Waals surface area (Å²) in [6, 6.07) is 30.0. The van der Waals surface area contributed by atoms with Gasteiger partial charge in [-0.25, -0.2) is 82.6 Å². The van der Waals surface area contributed by atoms with Crippen LogP contribution in [-0.4, -0.2) is 125 Å². The van der Waals surface area contributed by atoms with Gasteiger partial charge in [-0.05, 0) is 170 Å². The van der Waals surface area contributed by atoms with E-state index in [1.807, 2.05) is 28.9 Å². The number of carbonyl (C=O) groups excluding carboxylic acids is 4. The number of halogens is 13. The zero-order valence-corrected chi connectivity index (χ0v) is 61.2. The summed E-state index contributed by atoms with van der Waals surface area (Å²) in [4.78, 5) is 72.5. The predicted molar refractivity (Wildman–Crippen MR) is 391 cm³/mol. The molecule has 1 saturated heterocycles. The molecule has 0 radical (unpaired) electrons. The van der Waals surface area contributed by atoms with E-state index < -0.39 is 80.5 Å². The molecule has 0 aliphatic carbocycles. The van der Waals surface area contributed by atoms with E-state index in [4.69, 9.17) is 9.31 Å². The fourth-order valence-corrected chi connectivity index (χ4v) is 10.7. The molecule has 9 heterocycles. The molecule has 4 amide bonds. The molecule has 1 fully saturated rings. The summed E-state index contributed by atoms with van der Waals surface area (Å²) in [5, 5.41) is 9.82. The van der Waals surface area contributed by atoms with Gasteiger partial charge in [-0.15, -0.1) is 0 Å². The number of benzene rings is 4. The molecule has 0 bridgehead atoms. The molecule has 1 aliphatic heterocycles. The number of imidazole rings is 6. The highest BCUT2D eigenvalue weighted by Crippen LogP contribution is 2.38. The number of hydrogen-bond donors (Lipinski definition) is 5. The molecular formula is C73H72BBrF12N16O6. The number of rotatable bonds is 17. The van der Waals surface area contributed by atoms with Gasteiger partial charge in [-0.2, -0.15) is 0 Å². The third kappa shape index (κ3) is 23.3. The normalized spacial score (nSPS) is 12.6. The molecule has 574 valence electrons. The summed E-state index contributed by atoms with van der Waals surface area (Å²) in [5.41, 5.74) is 7.28. The Morgan fingerprint density at radius 2 is 0.899 bits per heavy atom. The Hall–Kier alpha value is -11.4. The van der Waals surface area contributed by atoms with E-state index in [1.54, 1.807) is 59.7 Å². The van der Waals surface area contributed by atoms with Gasteiger partial charge in [0.25, 0.3) is 19.3 Å². The van der Waals surface area contributed by atoms with Crippen LogP contribution in [0.4, 0.5) is 76.5 Å². The van der Waals surface area contributed by atoms with Gasteiger partial charge in [-0.3, -0.25) is 45.0 Å². The van der Waals surface area contributed by atoms with Crippen LogP contribution in [0, 0.1) is 23.3 Å². The van der Waals surface area contributed by atoms with E-state index in [0.717, 1.165) is 31.5 Å². The van der Waals surface area contributed by atoms with Crippen LogP contribution < -0.4 is 26.7 Å². The molecule has 0 atom stereocenters. The maximum Gasteiger partial charge on any atom is 0.496 e. The lowest BCUT2D eigenvalue weighted by Crippen LogP contribution is -2.41. The van der Waals surface area contributed by atoms with Crippen molar-refractivity contribution in [2.75, 3.05) is 21.3 Å². The third-order valence-electron chi connectivity index (χ3n) is 15.8. The van der Waals surface area contributed by atoms with Gasteiger partial charge >= 0.3 is 7.12 Å². The lowest BCUT2D eigenvalue weighted by molar-refractivity contribution is -0.115. The third-order valence-corrected chi connectivity index (χ3v) is 16.6. The molecule has 8 aromatic heterocycles. The lowest BCUT2D eigenvalue weighted by Gasteiger charge is -2.32. The molecule has 0 unspecified atom stereocenters. The first-order valence-electron chi connectivity index (χ1n) is 33.0. The van der Waals surface area contributed by atoms with Crippen molar-refractivity contribution in [2.45, 2.75) is 125 Å². The summed E-state index contributed by atoms with van der Waals surface area (Å²) in [7, 11) is -0.318. The minimum atomic E-state index is -2.67. The van der Waals surface area contributed by atoms with Crippen molar-refractivity contribution < 1.29 is 81.2 Å². The Bertz CT molecular complexity index is 5020. The number of H-pyrrole nitrogens is 1. The van der Waals surface area contributed by atoms with Crippen LogP contribution in [0.5, 0.6) is 0 Å². The number of amides is 4. The summed E-state index contributed by atoms with van der Waals surface area (Å²) in [6.45, 7) is 13.0. The number of nitrogens with one attached hydrogen (secondary N) is 5. The second-order valence-electron chi connectivity index (χ2n) is 24.8. The van der Waals surface area contributed by atoms with Crippen molar-refractivity contribution in [2.24, 2.45) is 0 Å². The Kier molecular flexibility index (Phi) is 28.6. The molecule has 0 saturated carbocycles. The van der Waals surface area contributed by atoms with Gasteiger partial charge in [0.05, 0.1) is 59.8 Å². The number of hydrogen-bond acceptors (Lipinski definition) is 12. The Morgan fingerprint density at radius 3 is 1.38 bits per heavy atom. The van der Waals surface area contributed by atoms with E-state index in [-0.39, 0.29) is 58.9 Å². The molecular weight excluding hydrogens is 1520 g/mol. The number of carbonyl (C=O) groups is 4. The van der Waals surface area contributed by atoms with Crippen molar-refractivity contribution >= 4 is 87.2 Å². The number of anilines is 4. The van der Waals surface area contributed by atoms with E-state index >= 15 is 0 Å². The Labute approximate surface area is 624 Å². The minimum absolute atomic E-state index is 0.00199. The Balaban J connectivity index is 0.000000171. The quantitative estimate of drug-likeness (QED) is 0.0422. The highest BCUT2D eigenvalue weighted by Gasteiger charge is 2.52. The number of aromatic nitrogens is 12. The van der Waals surface area contributed by atoms with Gasteiger partial charge in [0, 0.05) is 99.7 Å². The SMILES string of the molecule is CC(=O)Nc1nc(-c2ccc(F)cc2)c(-c2ccc3nccn3c2)n1CC(F)F.CC(=O)Nc1nc(-c2ccc(F)cc2)c(Br)n1CC(F)F.CC(=O)Nc1nc(-c2ccc(F)cc2)cn1CC(F)F.CC(=O)Nc1ncc(-c2ccc(F)cc2)[nH]1.CC1(C)OB(c2ccc3nccn3c2)OC1(C)C.CCC(F)F. The number of nitrogens with zero attached hydrogens (tertiary/aromatic N) is 11. The summed E-state index contributed by atoms with van der Waals surface area (Å²) in [5.74, 6) is -2.56. The maximum absolute atomic E-state index is 13.4. The van der Waals surface area contributed by atoms with Crippen LogP contribution in [-0.2, 0) is 48.1 Å². The molecule has 13 rings (SSSR count). The molecule has 22 nitrogen and oxygen atoms in total. The van der Waals surface area contributed by atoms with Crippen LogP contribution in [0.25, 0.3) is 67.6 Å². The maximum atomic E-state index is 13.4. The minimum Gasteiger partial charge on any atom is -0.399 e. The van der Waals surface area contributed by atoms with Crippen LogP contribution in [0.15, 0.2) is 176 Å².